The second kappa shape index (κ2) is 11.1. The van der Waals surface area contributed by atoms with E-state index in [1.165, 1.54) is 0 Å². The van der Waals surface area contributed by atoms with E-state index in [-0.39, 0.29) is 23.5 Å². The van der Waals surface area contributed by atoms with Crippen LogP contribution in [0.2, 0.25) is 5.02 Å². The van der Waals surface area contributed by atoms with E-state index in [0.29, 0.717) is 32.8 Å². The van der Waals surface area contributed by atoms with Crippen LogP contribution in [-0.2, 0) is 16.0 Å². The lowest BCUT2D eigenvalue weighted by molar-refractivity contribution is -0.118. The molecule has 0 saturated carbocycles. The molecule has 1 heterocycles. The van der Waals surface area contributed by atoms with Gasteiger partial charge < -0.3 is 19.2 Å². The van der Waals surface area contributed by atoms with Crippen molar-refractivity contribution >= 4 is 40.1 Å². The zero-order chi connectivity index (χ0) is 25.7. The van der Waals surface area contributed by atoms with E-state index in [4.69, 9.17) is 25.5 Å². The summed E-state index contributed by atoms with van der Waals surface area (Å²) in [6, 6.07) is 18.5. The van der Waals surface area contributed by atoms with Crippen LogP contribution < -0.4 is 15.5 Å². The highest BCUT2D eigenvalue weighted by Gasteiger charge is 2.19. The third kappa shape index (κ3) is 5.58. The van der Waals surface area contributed by atoms with E-state index in [1.807, 2.05) is 13.0 Å². The number of hydrogen-bond donors (Lipinski definition) is 1. The van der Waals surface area contributed by atoms with Gasteiger partial charge in [0.25, 0.3) is 5.91 Å². The normalized spacial score (nSPS) is 10.8. The molecule has 0 aliphatic heterocycles. The molecular weight excluding hydrogens is 482 g/mol. The molecule has 7 nitrogen and oxygen atoms in total. The molecule has 0 atom stereocenters. The molecule has 0 aliphatic rings. The number of aryl methyl sites for hydroxylation is 1. The van der Waals surface area contributed by atoms with Crippen LogP contribution in [0.4, 0.5) is 5.69 Å². The minimum Gasteiger partial charge on any atom is -0.476 e. The molecule has 0 unspecified atom stereocenters. The van der Waals surface area contributed by atoms with Gasteiger partial charge in [-0.3, -0.25) is 9.59 Å². The van der Waals surface area contributed by atoms with Gasteiger partial charge in [0.2, 0.25) is 11.2 Å². The first-order valence-corrected chi connectivity index (χ1v) is 11.8. The van der Waals surface area contributed by atoms with Crippen LogP contribution in [0.1, 0.15) is 29.8 Å². The summed E-state index contributed by atoms with van der Waals surface area (Å²) in [5.41, 5.74) is 2.45. The Labute approximate surface area is 212 Å². The van der Waals surface area contributed by atoms with Crippen molar-refractivity contribution in [1.29, 1.82) is 0 Å². The van der Waals surface area contributed by atoms with Crippen molar-refractivity contribution in [2.75, 3.05) is 18.5 Å². The fourth-order valence-electron chi connectivity index (χ4n) is 3.61. The Bertz CT molecular complexity index is 1460. The van der Waals surface area contributed by atoms with Gasteiger partial charge in [0.15, 0.2) is 12.4 Å². The van der Waals surface area contributed by atoms with E-state index in [2.05, 4.69) is 5.32 Å². The second-order valence-electron chi connectivity index (χ2n) is 7.92. The van der Waals surface area contributed by atoms with Gasteiger partial charge in [0.05, 0.1) is 17.6 Å². The highest BCUT2D eigenvalue weighted by atomic mass is 35.5. The van der Waals surface area contributed by atoms with Crippen molar-refractivity contribution in [2.24, 2.45) is 0 Å². The molecule has 4 aromatic rings. The quantitative estimate of drug-likeness (QED) is 0.301. The predicted molar refractivity (Wildman–Crippen MR) is 139 cm³/mol. The number of anilines is 1. The molecule has 4 rings (SSSR count). The number of ether oxygens (including phenoxy) is 2. The maximum absolute atomic E-state index is 13.4. The maximum Gasteiger partial charge on any atom is 0.338 e. The summed E-state index contributed by atoms with van der Waals surface area (Å²) in [6.07, 6.45) is 0.752. The number of carbonyl (C=O) groups excluding carboxylic acids is 2. The van der Waals surface area contributed by atoms with Crippen LogP contribution >= 0.6 is 11.6 Å². The van der Waals surface area contributed by atoms with Crippen molar-refractivity contribution in [3.63, 3.8) is 0 Å². The van der Waals surface area contributed by atoms with Gasteiger partial charge in [0.1, 0.15) is 5.58 Å². The van der Waals surface area contributed by atoms with Gasteiger partial charge in [-0.1, -0.05) is 24.6 Å². The van der Waals surface area contributed by atoms with E-state index in [1.54, 1.807) is 67.6 Å². The SMILES string of the molecule is CCOC(=O)c1ccc(NC(=O)COc2c(-c3ccc(Cl)cc3)oc3ccc(CC)cc3c2=O)cc1. The lowest BCUT2D eigenvalue weighted by Gasteiger charge is -2.12. The molecule has 3 aromatic carbocycles. The summed E-state index contributed by atoms with van der Waals surface area (Å²) in [5, 5.41) is 3.59. The lowest BCUT2D eigenvalue weighted by atomic mass is 10.1. The highest BCUT2D eigenvalue weighted by molar-refractivity contribution is 6.30. The standard InChI is InChI=1S/C28H24ClNO6/c1-3-17-5-14-23-22(15-17)25(32)27(26(36-23)18-6-10-20(29)11-7-18)35-16-24(31)30-21-12-8-19(9-13-21)28(33)34-4-2/h5-15H,3-4,16H2,1-2H3,(H,30,31). The zero-order valence-corrected chi connectivity index (χ0v) is 20.6. The average Bonchev–Trinajstić information content (AvgIpc) is 2.89. The molecular formula is C28H24ClNO6. The van der Waals surface area contributed by atoms with Crippen molar-refractivity contribution in [1.82, 2.24) is 0 Å². The molecule has 0 fully saturated rings. The number of fused-ring (bicyclic) bond motifs is 1. The van der Waals surface area contributed by atoms with Gasteiger partial charge in [0, 0.05) is 16.3 Å². The van der Waals surface area contributed by atoms with Crippen LogP contribution in [0.15, 0.2) is 75.9 Å². The summed E-state index contributed by atoms with van der Waals surface area (Å²) in [5.74, 6) is -0.781. The summed E-state index contributed by atoms with van der Waals surface area (Å²) in [7, 11) is 0. The fourth-order valence-corrected chi connectivity index (χ4v) is 3.73. The number of nitrogens with one attached hydrogen (secondary N) is 1. The van der Waals surface area contributed by atoms with Crippen molar-refractivity contribution in [3.05, 3.63) is 93.1 Å². The Kier molecular flexibility index (Phi) is 7.71. The minimum atomic E-state index is -0.484. The molecule has 1 N–H and O–H groups in total. The van der Waals surface area contributed by atoms with Crippen molar-refractivity contribution in [3.8, 4) is 17.1 Å². The molecule has 0 aliphatic carbocycles. The molecule has 0 bridgehead atoms. The Morgan fingerprint density at radius 2 is 1.69 bits per heavy atom. The number of amides is 1. The summed E-state index contributed by atoms with van der Waals surface area (Å²) in [6.45, 7) is 3.56. The average molecular weight is 506 g/mol. The number of hydrogen-bond acceptors (Lipinski definition) is 6. The summed E-state index contributed by atoms with van der Waals surface area (Å²) in [4.78, 5) is 37.8. The number of benzene rings is 3. The van der Waals surface area contributed by atoms with E-state index in [0.717, 1.165) is 12.0 Å². The first-order valence-electron chi connectivity index (χ1n) is 11.4. The number of esters is 1. The molecule has 0 saturated heterocycles. The third-order valence-electron chi connectivity index (χ3n) is 5.46. The molecule has 8 heteroatoms. The van der Waals surface area contributed by atoms with E-state index >= 15 is 0 Å². The predicted octanol–water partition coefficient (Wildman–Crippen LogP) is 5.87. The van der Waals surface area contributed by atoms with E-state index < -0.39 is 18.5 Å². The summed E-state index contributed by atoms with van der Waals surface area (Å²) < 4.78 is 16.8. The summed E-state index contributed by atoms with van der Waals surface area (Å²) >= 11 is 6.02. The minimum absolute atomic E-state index is 0.0640. The Morgan fingerprint density at radius 3 is 2.36 bits per heavy atom. The van der Waals surface area contributed by atoms with Crippen LogP contribution in [0, 0.1) is 0 Å². The number of rotatable bonds is 8. The monoisotopic (exact) mass is 505 g/mol. The van der Waals surface area contributed by atoms with Gasteiger partial charge >= 0.3 is 5.97 Å². The Balaban J connectivity index is 1.59. The smallest absolute Gasteiger partial charge is 0.338 e. The van der Waals surface area contributed by atoms with Crippen LogP contribution in [-0.4, -0.2) is 25.1 Å². The molecule has 184 valence electrons. The zero-order valence-electron chi connectivity index (χ0n) is 19.8. The van der Waals surface area contributed by atoms with E-state index in [9.17, 15) is 14.4 Å². The molecule has 36 heavy (non-hydrogen) atoms. The third-order valence-corrected chi connectivity index (χ3v) is 5.71. The Hall–Kier alpha value is -4.10. The van der Waals surface area contributed by atoms with Gasteiger partial charge in [-0.15, -0.1) is 0 Å². The fraction of sp³-hybridized carbons (Fsp3) is 0.179. The number of carbonyl (C=O) groups is 2. The van der Waals surface area contributed by atoms with Crippen LogP contribution in [0.3, 0.4) is 0 Å². The van der Waals surface area contributed by atoms with Crippen molar-refractivity contribution < 1.29 is 23.5 Å². The first kappa shape index (κ1) is 25.0. The Morgan fingerprint density at radius 1 is 0.972 bits per heavy atom. The van der Waals surface area contributed by atoms with Crippen LogP contribution in [0.5, 0.6) is 5.75 Å². The number of halogens is 1. The largest absolute Gasteiger partial charge is 0.476 e. The molecule has 1 amide bonds. The highest BCUT2D eigenvalue weighted by Crippen LogP contribution is 2.32. The second-order valence-corrected chi connectivity index (χ2v) is 8.35. The first-order chi connectivity index (χ1) is 17.4. The molecule has 0 radical (unpaired) electrons. The lowest BCUT2D eigenvalue weighted by Crippen LogP contribution is -2.22. The molecule has 1 aromatic heterocycles. The topological polar surface area (TPSA) is 94.8 Å². The van der Waals surface area contributed by atoms with Crippen LogP contribution in [0.25, 0.3) is 22.3 Å². The maximum atomic E-state index is 13.4. The van der Waals surface area contributed by atoms with Gasteiger partial charge in [-0.05, 0) is 79.6 Å². The van der Waals surface area contributed by atoms with Gasteiger partial charge in [-0.25, -0.2) is 4.79 Å². The van der Waals surface area contributed by atoms with Crippen molar-refractivity contribution in [2.45, 2.75) is 20.3 Å². The molecule has 0 spiro atoms. The van der Waals surface area contributed by atoms with Gasteiger partial charge in [-0.2, -0.15) is 0 Å².